The molecule has 0 heterocycles. The van der Waals surface area contributed by atoms with Gasteiger partial charge in [0.2, 0.25) is 0 Å². The zero-order chi connectivity index (χ0) is 15.3. The topological polar surface area (TPSA) is 0 Å². The molecule has 0 saturated heterocycles. The fourth-order valence-electron chi connectivity index (χ4n) is 1.27. The maximum atomic E-state index is 12.7. The van der Waals surface area contributed by atoms with Gasteiger partial charge in [-0.05, 0) is 84.0 Å². The maximum Gasteiger partial charge on any atom is 0.138 e. The lowest BCUT2D eigenvalue weighted by Crippen LogP contribution is -1.80. The van der Waals surface area contributed by atoms with E-state index in [1.165, 1.54) is 6.07 Å². The highest BCUT2D eigenvalue weighted by Crippen LogP contribution is 2.26. The Hall–Kier alpha value is 0.220. The van der Waals surface area contributed by atoms with Crippen LogP contribution >= 0.6 is 63.7 Å². The van der Waals surface area contributed by atoms with E-state index in [9.17, 15) is 8.78 Å². The lowest BCUT2D eigenvalue weighted by Gasteiger charge is -1.99. The van der Waals surface area contributed by atoms with E-state index >= 15 is 0 Å². The summed E-state index contributed by atoms with van der Waals surface area (Å²) >= 11 is 12.8. The molecule has 108 valence electrons. The van der Waals surface area contributed by atoms with E-state index in [2.05, 4.69) is 63.7 Å². The molecule has 20 heavy (non-hydrogen) atoms. The number of halogens is 6. The van der Waals surface area contributed by atoms with Crippen molar-refractivity contribution in [3.63, 3.8) is 0 Å². The van der Waals surface area contributed by atoms with E-state index in [0.717, 1.165) is 19.0 Å². The molecule has 0 saturated carbocycles. The van der Waals surface area contributed by atoms with Crippen LogP contribution in [0.4, 0.5) is 8.78 Å². The molecular weight excluding hydrogens is 526 g/mol. The highest BCUT2D eigenvalue weighted by atomic mass is 79.9. The van der Waals surface area contributed by atoms with Crippen molar-refractivity contribution in [2.75, 3.05) is 0 Å². The van der Waals surface area contributed by atoms with Crippen LogP contribution < -0.4 is 0 Å². The summed E-state index contributed by atoms with van der Waals surface area (Å²) in [6.07, 6.45) is 0. The molecule has 0 aliphatic rings. The molecule has 0 bridgehead atoms. The van der Waals surface area contributed by atoms with Gasteiger partial charge in [-0.2, -0.15) is 0 Å². The number of benzene rings is 2. The number of rotatable bonds is 1. The van der Waals surface area contributed by atoms with Crippen LogP contribution in [0.5, 0.6) is 0 Å². The Kier molecular flexibility index (Phi) is 7.87. The van der Waals surface area contributed by atoms with Gasteiger partial charge in [0.05, 0.1) is 4.47 Å². The molecule has 0 nitrogen and oxygen atoms in total. The maximum absolute atomic E-state index is 12.7. The van der Waals surface area contributed by atoms with E-state index < -0.39 is 6.67 Å². The highest BCUT2D eigenvalue weighted by Gasteiger charge is 2.01. The molecule has 0 radical (unpaired) electrons. The van der Waals surface area contributed by atoms with E-state index in [1.54, 1.807) is 12.1 Å². The summed E-state index contributed by atoms with van der Waals surface area (Å²) < 4.78 is 27.8. The molecule has 0 aromatic heterocycles. The smallest absolute Gasteiger partial charge is 0.138 e. The van der Waals surface area contributed by atoms with E-state index in [0.29, 0.717) is 10.0 Å². The predicted molar refractivity (Wildman–Crippen MR) is 93.2 cm³/mol. The molecule has 0 N–H and O–H groups in total. The third-order valence-corrected chi connectivity index (χ3v) is 5.97. The summed E-state index contributed by atoms with van der Waals surface area (Å²) in [6, 6.07) is 8.60. The summed E-state index contributed by atoms with van der Waals surface area (Å²) in [5.74, 6) is -0.238. The molecule has 0 aliphatic heterocycles. The van der Waals surface area contributed by atoms with Crippen LogP contribution in [-0.4, -0.2) is 0 Å². The standard InChI is InChI=1S/2C7H5Br2F/c1-4-2-6(9)7(10)3-5(4)8;8-6-3-1-2-5(4-10)7(6)9/h2-3H,1H3;1-3H,4H2. The van der Waals surface area contributed by atoms with Crippen LogP contribution in [0.2, 0.25) is 0 Å². The van der Waals surface area contributed by atoms with Crippen molar-refractivity contribution in [1.82, 2.24) is 0 Å². The Morgan fingerprint density at radius 2 is 1.60 bits per heavy atom. The van der Waals surface area contributed by atoms with Crippen molar-refractivity contribution < 1.29 is 8.78 Å². The third-order valence-electron chi connectivity index (χ3n) is 2.38. The number of aryl methyl sites for hydroxylation is 1. The second-order valence-electron chi connectivity index (χ2n) is 3.86. The largest absolute Gasteiger partial charge is 0.246 e. The number of hydrogen-bond acceptors (Lipinski definition) is 0. The lowest BCUT2D eigenvalue weighted by molar-refractivity contribution is 0.484. The summed E-state index contributed by atoms with van der Waals surface area (Å²) in [6.45, 7) is 1.48. The molecule has 6 heteroatoms. The van der Waals surface area contributed by atoms with Gasteiger partial charge in [0.25, 0.3) is 0 Å². The summed E-state index contributed by atoms with van der Waals surface area (Å²) in [5.41, 5.74) is 1.70. The van der Waals surface area contributed by atoms with Gasteiger partial charge in [-0.1, -0.05) is 28.1 Å². The van der Waals surface area contributed by atoms with E-state index in [4.69, 9.17) is 0 Å². The lowest BCUT2D eigenvalue weighted by atomic mass is 10.2. The fraction of sp³-hybridized carbons (Fsp3) is 0.143. The van der Waals surface area contributed by atoms with E-state index in [1.807, 2.05) is 19.1 Å². The van der Waals surface area contributed by atoms with E-state index in [-0.39, 0.29) is 5.82 Å². The van der Waals surface area contributed by atoms with Gasteiger partial charge in [0.15, 0.2) is 0 Å². The Labute approximate surface area is 150 Å². The average molecular weight is 536 g/mol. The average Bonchev–Trinajstić information content (AvgIpc) is 2.40. The van der Waals surface area contributed by atoms with Crippen LogP contribution in [0.15, 0.2) is 48.2 Å². The first kappa shape index (κ1) is 18.3. The Morgan fingerprint density at radius 1 is 0.950 bits per heavy atom. The molecule has 0 atom stereocenters. The van der Waals surface area contributed by atoms with Crippen molar-refractivity contribution in [3.05, 3.63) is 65.2 Å². The van der Waals surface area contributed by atoms with Gasteiger partial charge in [-0.25, -0.2) is 8.78 Å². The number of hydrogen-bond donors (Lipinski definition) is 0. The molecule has 0 amide bonds. The van der Waals surface area contributed by atoms with Crippen LogP contribution in [0.25, 0.3) is 0 Å². The second-order valence-corrected chi connectivity index (χ2v) is 7.22. The summed E-state index contributed by atoms with van der Waals surface area (Å²) in [7, 11) is 0. The SMILES string of the molecule is Cc1cc(Br)c(F)cc1Br.FCc1cccc(Br)c1Br. The van der Waals surface area contributed by atoms with Crippen LogP contribution in [0, 0.1) is 12.7 Å². The van der Waals surface area contributed by atoms with Gasteiger partial charge in [0, 0.05) is 13.4 Å². The minimum atomic E-state index is -0.431. The molecule has 0 fully saturated rings. The normalized spacial score (nSPS) is 9.95. The zero-order valence-electron chi connectivity index (χ0n) is 10.4. The zero-order valence-corrected chi connectivity index (χ0v) is 16.7. The van der Waals surface area contributed by atoms with Gasteiger partial charge in [0.1, 0.15) is 12.5 Å². The first-order chi connectivity index (χ1) is 9.36. The Balaban J connectivity index is 0.000000200. The third kappa shape index (κ3) is 5.20. The second kappa shape index (κ2) is 8.61. The molecule has 2 aromatic rings. The van der Waals surface area contributed by atoms with Crippen molar-refractivity contribution in [2.24, 2.45) is 0 Å². The Morgan fingerprint density at radius 3 is 2.10 bits per heavy atom. The minimum absolute atomic E-state index is 0.238. The first-order valence-corrected chi connectivity index (χ1v) is 8.64. The van der Waals surface area contributed by atoms with Gasteiger partial charge in [-0.15, -0.1) is 0 Å². The molecule has 0 unspecified atom stereocenters. The molecular formula is C14H10Br4F2. The van der Waals surface area contributed by atoms with Crippen LogP contribution in [-0.2, 0) is 6.67 Å². The monoisotopic (exact) mass is 532 g/mol. The van der Waals surface area contributed by atoms with Crippen LogP contribution in [0.1, 0.15) is 11.1 Å². The van der Waals surface area contributed by atoms with Crippen molar-refractivity contribution >= 4 is 63.7 Å². The van der Waals surface area contributed by atoms with Gasteiger partial charge >= 0.3 is 0 Å². The Bertz CT molecular complexity index is 550. The van der Waals surface area contributed by atoms with Crippen molar-refractivity contribution in [1.29, 1.82) is 0 Å². The van der Waals surface area contributed by atoms with Crippen molar-refractivity contribution in [3.8, 4) is 0 Å². The highest BCUT2D eigenvalue weighted by molar-refractivity contribution is 9.13. The van der Waals surface area contributed by atoms with Crippen LogP contribution in [0.3, 0.4) is 0 Å². The molecule has 2 rings (SSSR count). The fourth-order valence-corrected chi connectivity index (χ4v) is 2.82. The van der Waals surface area contributed by atoms with Gasteiger partial charge < -0.3 is 0 Å². The van der Waals surface area contributed by atoms with Crippen molar-refractivity contribution in [2.45, 2.75) is 13.6 Å². The first-order valence-electron chi connectivity index (χ1n) is 5.46. The molecule has 0 spiro atoms. The quantitative estimate of drug-likeness (QED) is 0.335. The molecule has 2 aromatic carbocycles. The number of alkyl halides is 1. The summed E-state index contributed by atoms with van der Waals surface area (Å²) in [5, 5.41) is 0. The minimum Gasteiger partial charge on any atom is -0.246 e. The van der Waals surface area contributed by atoms with Gasteiger partial charge in [-0.3, -0.25) is 0 Å². The molecule has 0 aliphatic carbocycles. The predicted octanol–water partition coefficient (Wildman–Crippen LogP) is 7.34. The summed E-state index contributed by atoms with van der Waals surface area (Å²) in [4.78, 5) is 0.